The van der Waals surface area contributed by atoms with Gasteiger partial charge < -0.3 is 9.84 Å². The van der Waals surface area contributed by atoms with Gasteiger partial charge in [0, 0.05) is 0 Å². The van der Waals surface area contributed by atoms with E-state index >= 15 is 0 Å². The standard InChI is InChI=1S/C13H22O3Si/c1-9-10(6-17(3,4)5)13(15)7-12(9,8-13)11(14)16-2/h6,9,15H,7-8H2,1-5H3/b10-6+. The van der Waals surface area contributed by atoms with Crippen molar-refractivity contribution < 1.29 is 14.6 Å². The second kappa shape index (κ2) is 3.45. The Bertz CT molecular complexity index is 386. The highest BCUT2D eigenvalue weighted by Gasteiger charge is 2.71. The van der Waals surface area contributed by atoms with Gasteiger partial charge in [0.25, 0.3) is 0 Å². The van der Waals surface area contributed by atoms with Crippen LogP contribution in [0, 0.1) is 11.3 Å². The molecule has 0 aromatic carbocycles. The van der Waals surface area contributed by atoms with Crippen LogP contribution >= 0.6 is 0 Å². The minimum Gasteiger partial charge on any atom is -0.469 e. The molecular weight excluding hydrogens is 232 g/mol. The average Bonchev–Trinajstić information content (AvgIpc) is 2.47. The molecule has 2 bridgehead atoms. The fourth-order valence-electron chi connectivity index (χ4n) is 3.45. The van der Waals surface area contributed by atoms with Gasteiger partial charge in [0.1, 0.15) is 0 Å². The maximum Gasteiger partial charge on any atom is 0.312 e. The van der Waals surface area contributed by atoms with Crippen molar-refractivity contribution in [2.24, 2.45) is 11.3 Å². The molecule has 96 valence electrons. The van der Waals surface area contributed by atoms with E-state index in [-0.39, 0.29) is 11.9 Å². The molecule has 0 heterocycles. The van der Waals surface area contributed by atoms with Crippen LogP contribution in [0.15, 0.2) is 11.3 Å². The minimum absolute atomic E-state index is 0.117. The number of aliphatic hydroxyl groups is 1. The van der Waals surface area contributed by atoms with E-state index in [9.17, 15) is 9.90 Å². The van der Waals surface area contributed by atoms with Crippen LogP contribution in [0.1, 0.15) is 19.8 Å². The summed E-state index contributed by atoms with van der Waals surface area (Å²) in [6.07, 6.45) is 1.09. The number of rotatable bonds is 2. The lowest BCUT2D eigenvalue weighted by Gasteiger charge is -2.42. The van der Waals surface area contributed by atoms with Crippen LogP contribution in [0.3, 0.4) is 0 Å². The summed E-state index contributed by atoms with van der Waals surface area (Å²) in [7, 11) is 0.0537. The first-order valence-electron chi connectivity index (χ1n) is 6.19. The van der Waals surface area contributed by atoms with E-state index in [0.717, 1.165) is 5.57 Å². The first-order valence-corrected chi connectivity index (χ1v) is 9.76. The summed E-state index contributed by atoms with van der Waals surface area (Å²) in [5.74, 6) is -0.0414. The van der Waals surface area contributed by atoms with Crippen LogP contribution in [-0.2, 0) is 9.53 Å². The first-order chi connectivity index (χ1) is 7.65. The van der Waals surface area contributed by atoms with Gasteiger partial charge in [0.05, 0.1) is 26.2 Å². The lowest BCUT2D eigenvalue weighted by atomic mass is 9.65. The van der Waals surface area contributed by atoms with Gasteiger partial charge in [-0.3, -0.25) is 4.79 Å². The number of methoxy groups -OCH3 is 1. The van der Waals surface area contributed by atoms with Crippen molar-refractivity contribution in [3.05, 3.63) is 11.3 Å². The highest BCUT2D eigenvalue weighted by molar-refractivity contribution is 6.81. The fraction of sp³-hybridized carbons (Fsp3) is 0.769. The van der Waals surface area contributed by atoms with Crippen molar-refractivity contribution >= 4 is 14.0 Å². The molecule has 17 heavy (non-hydrogen) atoms. The van der Waals surface area contributed by atoms with E-state index in [2.05, 4.69) is 25.3 Å². The summed E-state index contributed by atoms with van der Waals surface area (Å²) in [5, 5.41) is 10.5. The molecule has 0 aromatic heterocycles. The Kier molecular flexibility index (Phi) is 2.60. The normalized spacial score (nSPS) is 42.5. The lowest BCUT2D eigenvalue weighted by Crippen LogP contribution is -2.49. The second-order valence-corrected chi connectivity index (χ2v) is 11.7. The zero-order valence-electron chi connectivity index (χ0n) is 11.3. The topological polar surface area (TPSA) is 46.5 Å². The maximum absolute atomic E-state index is 11.9. The monoisotopic (exact) mass is 254 g/mol. The van der Waals surface area contributed by atoms with Crippen LogP contribution in [0.25, 0.3) is 0 Å². The van der Waals surface area contributed by atoms with Crippen molar-refractivity contribution in [2.45, 2.75) is 45.0 Å². The number of carbonyl (C=O) groups excluding carboxylic acids is 1. The number of esters is 1. The van der Waals surface area contributed by atoms with Crippen LogP contribution in [0.2, 0.25) is 19.6 Å². The van der Waals surface area contributed by atoms with Gasteiger partial charge in [0.2, 0.25) is 0 Å². The Morgan fingerprint density at radius 2 is 2.00 bits per heavy atom. The molecule has 0 aliphatic heterocycles. The van der Waals surface area contributed by atoms with E-state index in [0.29, 0.717) is 12.8 Å². The molecule has 1 unspecified atom stereocenters. The molecule has 3 fully saturated rings. The van der Waals surface area contributed by atoms with Crippen molar-refractivity contribution in [2.75, 3.05) is 7.11 Å². The predicted octanol–water partition coefficient (Wildman–Crippen LogP) is 2.12. The summed E-state index contributed by atoms with van der Waals surface area (Å²) in [4.78, 5) is 11.9. The number of fused-ring (bicyclic) bond motifs is 1. The Hall–Kier alpha value is -0.613. The minimum atomic E-state index is -1.38. The Labute approximate surface area is 104 Å². The number of hydrogen-bond donors (Lipinski definition) is 1. The summed E-state index contributed by atoms with van der Waals surface area (Å²) in [6, 6.07) is 0. The van der Waals surface area contributed by atoms with Gasteiger partial charge in [-0.1, -0.05) is 32.3 Å². The number of ether oxygens (including phenoxy) is 1. The summed E-state index contributed by atoms with van der Waals surface area (Å²) in [6.45, 7) is 8.79. The Morgan fingerprint density at radius 3 is 2.41 bits per heavy atom. The Morgan fingerprint density at radius 1 is 1.47 bits per heavy atom. The third-order valence-electron chi connectivity index (χ3n) is 4.23. The SMILES string of the molecule is COC(=O)C12CC(O)(C1)/C(=C/[Si](C)(C)C)C2C. The molecule has 0 saturated heterocycles. The van der Waals surface area contributed by atoms with E-state index in [1.54, 1.807) is 0 Å². The highest BCUT2D eigenvalue weighted by atomic mass is 28.3. The van der Waals surface area contributed by atoms with Crippen LogP contribution in [-0.4, -0.2) is 31.9 Å². The van der Waals surface area contributed by atoms with Crippen molar-refractivity contribution in [1.29, 1.82) is 0 Å². The van der Waals surface area contributed by atoms with Crippen LogP contribution < -0.4 is 0 Å². The van der Waals surface area contributed by atoms with E-state index < -0.39 is 19.1 Å². The maximum atomic E-state index is 11.9. The van der Waals surface area contributed by atoms with Gasteiger partial charge in [-0.2, -0.15) is 0 Å². The molecule has 0 amide bonds. The van der Waals surface area contributed by atoms with Gasteiger partial charge in [0.15, 0.2) is 0 Å². The molecule has 1 N–H and O–H groups in total. The summed E-state index contributed by atoms with van der Waals surface area (Å²) in [5.41, 5.74) is 2.17. The van der Waals surface area contributed by atoms with Gasteiger partial charge in [-0.15, -0.1) is 0 Å². The highest BCUT2D eigenvalue weighted by Crippen LogP contribution is 2.67. The summed E-state index contributed by atoms with van der Waals surface area (Å²) < 4.78 is 4.90. The van der Waals surface area contributed by atoms with Crippen molar-refractivity contribution in [1.82, 2.24) is 0 Å². The lowest BCUT2D eigenvalue weighted by molar-refractivity contribution is -0.168. The molecule has 4 heteroatoms. The molecule has 3 saturated carbocycles. The van der Waals surface area contributed by atoms with Crippen LogP contribution in [0.5, 0.6) is 0 Å². The van der Waals surface area contributed by atoms with Gasteiger partial charge in [-0.25, -0.2) is 0 Å². The third-order valence-corrected chi connectivity index (χ3v) is 5.41. The Balaban J connectivity index is 2.36. The molecule has 1 atom stereocenters. The van der Waals surface area contributed by atoms with E-state index in [1.165, 1.54) is 7.11 Å². The predicted molar refractivity (Wildman–Crippen MR) is 69.2 cm³/mol. The third kappa shape index (κ3) is 1.69. The molecule has 0 spiro atoms. The number of carbonyl (C=O) groups is 1. The zero-order chi connectivity index (χ0) is 13.1. The average molecular weight is 254 g/mol. The molecule has 3 rings (SSSR count). The van der Waals surface area contributed by atoms with Crippen molar-refractivity contribution in [3.8, 4) is 0 Å². The quantitative estimate of drug-likeness (QED) is 0.606. The largest absolute Gasteiger partial charge is 0.469 e. The zero-order valence-corrected chi connectivity index (χ0v) is 12.3. The smallest absolute Gasteiger partial charge is 0.312 e. The number of hydrogen-bond acceptors (Lipinski definition) is 3. The molecule has 0 radical (unpaired) electrons. The first kappa shape index (κ1) is 12.8. The molecule has 0 aromatic rings. The molecular formula is C13H22O3Si. The van der Waals surface area contributed by atoms with E-state index in [4.69, 9.17) is 4.74 Å². The van der Waals surface area contributed by atoms with Gasteiger partial charge >= 0.3 is 5.97 Å². The fourth-order valence-corrected chi connectivity index (χ4v) is 4.90. The molecule has 3 nitrogen and oxygen atoms in total. The molecule has 3 aliphatic rings. The van der Waals surface area contributed by atoms with Gasteiger partial charge in [-0.05, 0) is 24.3 Å². The van der Waals surface area contributed by atoms with E-state index in [1.807, 2.05) is 6.92 Å². The summed E-state index contributed by atoms with van der Waals surface area (Å²) >= 11 is 0. The second-order valence-electron chi connectivity index (χ2n) is 6.72. The van der Waals surface area contributed by atoms with Crippen molar-refractivity contribution in [3.63, 3.8) is 0 Å². The van der Waals surface area contributed by atoms with Crippen LogP contribution in [0.4, 0.5) is 0 Å². The molecule has 3 aliphatic carbocycles.